The van der Waals surface area contributed by atoms with Crippen LogP contribution in [0.3, 0.4) is 0 Å². The van der Waals surface area contributed by atoms with Crippen molar-refractivity contribution in [3.05, 3.63) is 71.8 Å². The van der Waals surface area contributed by atoms with E-state index in [9.17, 15) is 19.2 Å². The summed E-state index contributed by atoms with van der Waals surface area (Å²) in [6.45, 7) is 11.2. The van der Waals surface area contributed by atoms with Gasteiger partial charge in [-0.2, -0.15) is 0 Å². The molecule has 0 radical (unpaired) electrons. The van der Waals surface area contributed by atoms with Gasteiger partial charge in [-0.25, -0.2) is 9.59 Å². The van der Waals surface area contributed by atoms with Crippen molar-refractivity contribution in [3.63, 3.8) is 0 Å². The lowest BCUT2D eigenvalue weighted by Gasteiger charge is -2.05. The molecule has 0 aliphatic carbocycles. The van der Waals surface area contributed by atoms with Gasteiger partial charge in [-0.1, -0.05) is 65.3 Å². The Morgan fingerprint density at radius 1 is 0.674 bits per heavy atom. The predicted molar refractivity (Wildman–Crippen MR) is 181 cm³/mol. The number of carbonyl (C=O) groups excluding carboxylic acids is 2. The first-order valence-electron chi connectivity index (χ1n) is 15.3. The highest BCUT2D eigenvalue weighted by molar-refractivity contribution is 5.85. The summed E-state index contributed by atoms with van der Waals surface area (Å²) in [6, 6.07) is 14.3. The molecule has 2 rings (SSSR count). The smallest absolute Gasteiger partial charge is 0.328 e. The first kappa shape index (κ1) is 43.5. The number of carboxylic acids is 2. The molecule has 0 unspecified atom stereocenters. The van der Waals surface area contributed by atoms with Crippen molar-refractivity contribution in [2.24, 2.45) is 5.92 Å². The Morgan fingerprint density at radius 3 is 1.43 bits per heavy atom. The first-order valence-corrected chi connectivity index (χ1v) is 15.3. The molecule has 256 valence electrons. The average molecular weight is 645 g/mol. The molecule has 0 amide bonds. The normalized spacial score (nSPS) is 10.0. The summed E-state index contributed by atoms with van der Waals surface area (Å²) in [7, 11) is 3.17. The maximum Gasteiger partial charge on any atom is 0.328 e. The van der Waals surface area contributed by atoms with E-state index in [1.54, 1.807) is 69.7 Å². The first-order chi connectivity index (χ1) is 21.9. The van der Waals surface area contributed by atoms with Crippen molar-refractivity contribution in [2.45, 2.75) is 73.1 Å². The second-order valence-corrected chi connectivity index (χ2v) is 9.97. The van der Waals surface area contributed by atoms with Crippen LogP contribution in [0.5, 0.6) is 11.5 Å². The van der Waals surface area contributed by atoms with Crippen molar-refractivity contribution in [1.82, 2.24) is 0 Å². The molecule has 2 N–H and O–H groups in total. The van der Waals surface area contributed by atoms with Gasteiger partial charge in [-0.3, -0.25) is 9.59 Å². The number of hydrogen-bond donors (Lipinski definition) is 2. The fourth-order valence-corrected chi connectivity index (χ4v) is 2.88. The average Bonchev–Trinajstić information content (AvgIpc) is 3.05. The predicted octanol–water partition coefficient (Wildman–Crippen LogP) is 7.70. The minimum absolute atomic E-state index is 0.0440. The second kappa shape index (κ2) is 29.1. The van der Waals surface area contributed by atoms with Crippen LogP contribution in [-0.4, -0.2) is 61.5 Å². The molecule has 0 fully saturated rings. The van der Waals surface area contributed by atoms with E-state index >= 15 is 0 Å². The molecule has 0 saturated carbocycles. The van der Waals surface area contributed by atoms with Crippen LogP contribution in [-0.2, 0) is 28.7 Å². The van der Waals surface area contributed by atoms with E-state index in [4.69, 9.17) is 29.2 Å². The molecule has 46 heavy (non-hydrogen) atoms. The van der Waals surface area contributed by atoms with E-state index in [2.05, 4.69) is 20.8 Å². The zero-order valence-electron chi connectivity index (χ0n) is 28.3. The molecule has 0 aromatic heterocycles. The fourth-order valence-electron chi connectivity index (χ4n) is 2.88. The van der Waals surface area contributed by atoms with Gasteiger partial charge >= 0.3 is 23.9 Å². The van der Waals surface area contributed by atoms with Crippen LogP contribution >= 0.6 is 0 Å². The van der Waals surface area contributed by atoms with Crippen molar-refractivity contribution in [2.75, 3.05) is 27.4 Å². The third kappa shape index (κ3) is 28.2. The van der Waals surface area contributed by atoms with Crippen molar-refractivity contribution < 1.29 is 48.3 Å². The van der Waals surface area contributed by atoms with Crippen LogP contribution in [0.15, 0.2) is 60.7 Å². The zero-order valence-corrected chi connectivity index (χ0v) is 28.3. The van der Waals surface area contributed by atoms with Crippen LogP contribution in [0, 0.1) is 5.92 Å². The number of aliphatic carboxylic acids is 2. The molecule has 0 spiro atoms. The molecule has 2 aromatic rings. The Bertz CT molecular complexity index is 1080. The standard InChI is InChI=1S/2C10H10O3.C10H20O2.C6H12O2/c2*1-13-9-5-2-8(3-6-9)4-7-10(11)12;1-4-5-6-10(11)12-8-7-9(2)3;1-3-5-8-6(7)4-2/h2*2-7H,1H3,(H,11,12);9H,4-8H2,1-3H3;3-5H2,1-2H3. The van der Waals surface area contributed by atoms with E-state index in [1.807, 2.05) is 6.92 Å². The largest absolute Gasteiger partial charge is 0.497 e. The lowest BCUT2D eigenvalue weighted by molar-refractivity contribution is -0.144. The topological polar surface area (TPSA) is 146 Å². The molecule has 10 nitrogen and oxygen atoms in total. The minimum Gasteiger partial charge on any atom is -0.497 e. The fraction of sp³-hybridized carbons (Fsp3) is 0.444. The third-order valence-corrected chi connectivity index (χ3v) is 5.52. The molecular weight excluding hydrogens is 592 g/mol. The van der Waals surface area contributed by atoms with Gasteiger partial charge in [-0.15, -0.1) is 0 Å². The Morgan fingerprint density at radius 2 is 1.11 bits per heavy atom. The van der Waals surface area contributed by atoms with Gasteiger partial charge in [0.25, 0.3) is 0 Å². The van der Waals surface area contributed by atoms with Gasteiger partial charge < -0.3 is 29.2 Å². The van der Waals surface area contributed by atoms with E-state index < -0.39 is 11.9 Å². The maximum absolute atomic E-state index is 11.0. The molecule has 0 heterocycles. The summed E-state index contributed by atoms with van der Waals surface area (Å²) in [5.41, 5.74) is 1.67. The quantitative estimate of drug-likeness (QED) is 0.146. The highest BCUT2D eigenvalue weighted by Crippen LogP contribution is 2.13. The van der Waals surface area contributed by atoms with Crippen molar-refractivity contribution >= 4 is 36.0 Å². The highest BCUT2D eigenvalue weighted by atomic mass is 16.5. The lowest BCUT2D eigenvalue weighted by atomic mass is 10.1. The molecule has 0 atom stereocenters. The molecule has 0 saturated heterocycles. The Hall–Kier alpha value is -4.60. The van der Waals surface area contributed by atoms with Crippen LogP contribution in [0.25, 0.3) is 12.2 Å². The zero-order chi connectivity index (χ0) is 35.2. The van der Waals surface area contributed by atoms with Gasteiger partial charge in [0, 0.05) is 25.0 Å². The van der Waals surface area contributed by atoms with Crippen LogP contribution < -0.4 is 9.47 Å². The second-order valence-electron chi connectivity index (χ2n) is 9.97. The maximum atomic E-state index is 11.0. The third-order valence-electron chi connectivity index (χ3n) is 5.52. The summed E-state index contributed by atoms with van der Waals surface area (Å²) in [4.78, 5) is 41.7. The highest BCUT2D eigenvalue weighted by Gasteiger charge is 2.02. The molecule has 0 aliphatic rings. The number of benzene rings is 2. The lowest BCUT2D eigenvalue weighted by Crippen LogP contribution is -2.07. The number of ether oxygens (including phenoxy) is 4. The van der Waals surface area contributed by atoms with Crippen LogP contribution in [0.1, 0.15) is 84.3 Å². The number of unbranched alkanes of at least 4 members (excludes halogenated alkanes) is 1. The monoisotopic (exact) mass is 644 g/mol. The van der Waals surface area contributed by atoms with E-state index in [-0.39, 0.29) is 11.9 Å². The Kier molecular flexibility index (Phi) is 27.6. The Labute approximate surface area is 274 Å². The molecule has 10 heteroatoms. The SMILES string of the molecule is CCCCC(=O)OCCC(C)C.CCCOC(=O)CC.COc1ccc(C=CC(=O)O)cc1.COc1ccc(C=CC(=O)O)cc1. The van der Waals surface area contributed by atoms with E-state index in [1.165, 1.54) is 12.2 Å². The van der Waals surface area contributed by atoms with E-state index in [0.717, 1.165) is 60.5 Å². The number of rotatable bonds is 15. The van der Waals surface area contributed by atoms with Gasteiger partial charge in [-0.05, 0) is 72.7 Å². The summed E-state index contributed by atoms with van der Waals surface area (Å²) in [5.74, 6) is 0.0833. The molecule has 2 aromatic carbocycles. The van der Waals surface area contributed by atoms with Crippen LogP contribution in [0.2, 0.25) is 0 Å². The van der Waals surface area contributed by atoms with Crippen molar-refractivity contribution in [1.29, 1.82) is 0 Å². The number of hydrogen-bond acceptors (Lipinski definition) is 8. The molecule has 0 bridgehead atoms. The van der Waals surface area contributed by atoms with Crippen molar-refractivity contribution in [3.8, 4) is 11.5 Å². The van der Waals surface area contributed by atoms with Gasteiger partial charge in [0.1, 0.15) is 11.5 Å². The van der Waals surface area contributed by atoms with E-state index in [0.29, 0.717) is 32.0 Å². The van der Waals surface area contributed by atoms with Crippen LogP contribution in [0.4, 0.5) is 0 Å². The number of carboxylic acid groups (broad SMARTS) is 2. The molecular formula is C36H52O10. The molecule has 0 aliphatic heterocycles. The number of carbonyl (C=O) groups is 4. The minimum atomic E-state index is -0.948. The summed E-state index contributed by atoms with van der Waals surface area (Å²) in [5, 5.41) is 16.7. The summed E-state index contributed by atoms with van der Waals surface area (Å²) in [6.07, 6.45) is 10.2. The van der Waals surface area contributed by atoms with Gasteiger partial charge in [0.15, 0.2) is 0 Å². The number of esters is 2. The van der Waals surface area contributed by atoms with Gasteiger partial charge in [0.2, 0.25) is 0 Å². The summed E-state index contributed by atoms with van der Waals surface area (Å²) >= 11 is 0. The Balaban J connectivity index is 0. The summed E-state index contributed by atoms with van der Waals surface area (Å²) < 4.78 is 19.6. The number of methoxy groups -OCH3 is 2. The van der Waals surface area contributed by atoms with Gasteiger partial charge in [0.05, 0.1) is 27.4 Å².